The summed E-state index contributed by atoms with van der Waals surface area (Å²) in [5.41, 5.74) is 1.59. The minimum Gasteiger partial charge on any atom is -0.497 e. The monoisotopic (exact) mass is 356 g/mol. The van der Waals surface area contributed by atoms with Crippen molar-refractivity contribution in [1.82, 2.24) is 9.88 Å². The van der Waals surface area contributed by atoms with E-state index in [1.807, 2.05) is 37.3 Å². The van der Waals surface area contributed by atoms with E-state index in [4.69, 9.17) is 4.74 Å². The predicted octanol–water partition coefficient (Wildman–Crippen LogP) is 3.70. The van der Waals surface area contributed by atoms with Crippen LogP contribution in [0.15, 0.2) is 41.3 Å². The first kappa shape index (κ1) is 19.8. The highest BCUT2D eigenvalue weighted by Crippen LogP contribution is 2.19. The van der Waals surface area contributed by atoms with Gasteiger partial charge in [-0.1, -0.05) is 26.0 Å². The lowest BCUT2D eigenvalue weighted by Crippen LogP contribution is -2.35. The van der Waals surface area contributed by atoms with Gasteiger partial charge in [0.15, 0.2) is 0 Å². The molecule has 0 aliphatic heterocycles. The van der Waals surface area contributed by atoms with Crippen LogP contribution < -0.4 is 15.6 Å². The summed E-state index contributed by atoms with van der Waals surface area (Å²) in [6, 6.07) is 9.12. The molecule has 0 aliphatic carbocycles. The summed E-state index contributed by atoms with van der Waals surface area (Å²) in [7, 11) is 1.61. The van der Waals surface area contributed by atoms with E-state index in [-0.39, 0.29) is 23.1 Å². The first-order valence-electron chi connectivity index (χ1n) is 8.98. The van der Waals surface area contributed by atoms with Crippen molar-refractivity contribution in [3.63, 3.8) is 0 Å². The standard InChI is InChI=1S/C21H28N2O3/c1-14(2)9-11-23-12-10-15(3)19(21(23)25)20(24)22-16(4)17-7-6-8-18(13-17)26-5/h6-8,10,12-14,16H,9,11H2,1-5H3,(H,22,24)/t16-/m1/s1. The second kappa shape index (κ2) is 8.70. The maximum Gasteiger partial charge on any atom is 0.263 e. The SMILES string of the molecule is COc1cccc([C@@H](C)NC(=O)c2c(C)ccn(CCC(C)C)c2=O)c1. The van der Waals surface area contributed by atoms with Crippen molar-refractivity contribution in [3.05, 3.63) is 63.6 Å². The molecule has 1 heterocycles. The zero-order valence-corrected chi connectivity index (χ0v) is 16.2. The van der Waals surface area contributed by atoms with Crippen LogP contribution in [0.4, 0.5) is 0 Å². The van der Waals surface area contributed by atoms with E-state index >= 15 is 0 Å². The normalized spacial score (nSPS) is 12.1. The van der Waals surface area contributed by atoms with Crippen molar-refractivity contribution in [1.29, 1.82) is 0 Å². The smallest absolute Gasteiger partial charge is 0.263 e. The molecule has 0 spiro atoms. The first-order chi connectivity index (χ1) is 12.3. The van der Waals surface area contributed by atoms with Crippen LogP contribution >= 0.6 is 0 Å². The van der Waals surface area contributed by atoms with E-state index in [1.165, 1.54) is 0 Å². The molecule has 140 valence electrons. The molecule has 0 aliphatic rings. The maximum absolute atomic E-state index is 12.8. The van der Waals surface area contributed by atoms with Gasteiger partial charge in [0.25, 0.3) is 11.5 Å². The number of hydrogen-bond donors (Lipinski definition) is 1. The molecule has 26 heavy (non-hydrogen) atoms. The van der Waals surface area contributed by atoms with Crippen molar-refractivity contribution in [2.45, 2.75) is 46.7 Å². The number of aryl methyl sites for hydroxylation is 2. The number of carbonyl (C=O) groups is 1. The van der Waals surface area contributed by atoms with Crippen molar-refractivity contribution in [2.75, 3.05) is 7.11 Å². The minimum absolute atomic E-state index is 0.214. The molecule has 0 unspecified atom stereocenters. The quantitative estimate of drug-likeness (QED) is 0.823. The molecule has 0 saturated carbocycles. The van der Waals surface area contributed by atoms with E-state index in [9.17, 15) is 9.59 Å². The van der Waals surface area contributed by atoms with Gasteiger partial charge in [-0.25, -0.2) is 0 Å². The third-order valence-corrected chi connectivity index (χ3v) is 4.49. The molecule has 5 heteroatoms. The molecule has 1 atom stereocenters. The average Bonchev–Trinajstić information content (AvgIpc) is 2.61. The molecular formula is C21H28N2O3. The number of hydrogen-bond acceptors (Lipinski definition) is 3. The van der Waals surface area contributed by atoms with Crippen LogP contribution in [0.3, 0.4) is 0 Å². The van der Waals surface area contributed by atoms with Crippen LogP contribution in [0.1, 0.15) is 54.7 Å². The highest BCUT2D eigenvalue weighted by molar-refractivity contribution is 5.95. The van der Waals surface area contributed by atoms with Gasteiger partial charge in [0.1, 0.15) is 11.3 Å². The minimum atomic E-state index is -0.346. The third kappa shape index (κ3) is 4.75. The number of benzene rings is 1. The first-order valence-corrected chi connectivity index (χ1v) is 8.98. The number of pyridine rings is 1. The third-order valence-electron chi connectivity index (χ3n) is 4.49. The van der Waals surface area contributed by atoms with Crippen LogP contribution in [0.2, 0.25) is 0 Å². The van der Waals surface area contributed by atoms with Crippen LogP contribution in [-0.4, -0.2) is 17.6 Å². The van der Waals surface area contributed by atoms with Gasteiger partial charge in [0.05, 0.1) is 13.2 Å². The predicted molar refractivity (Wildman–Crippen MR) is 104 cm³/mol. The van der Waals surface area contributed by atoms with E-state index in [2.05, 4.69) is 19.2 Å². The van der Waals surface area contributed by atoms with Gasteiger partial charge >= 0.3 is 0 Å². The zero-order valence-electron chi connectivity index (χ0n) is 16.2. The molecule has 0 radical (unpaired) electrons. The molecule has 2 rings (SSSR count). The Balaban J connectivity index is 2.23. The summed E-state index contributed by atoms with van der Waals surface area (Å²) in [5.74, 6) is 0.880. The van der Waals surface area contributed by atoms with Gasteiger partial charge in [-0.15, -0.1) is 0 Å². The Labute approximate surface area is 155 Å². The summed E-state index contributed by atoms with van der Waals surface area (Å²) < 4.78 is 6.85. The van der Waals surface area contributed by atoms with Crippen LogP contribution in [0, 0.1) is 12.8 Å². The number of methoxy groups -OCH3 is 1. The summed E-state index contributed by atoms with van der Waals surface area (Å²) in [6.45, 7) is 8.52. The number of carbonyl (C=O) groups excluding carboxylic acids is 1. The highest BCUT2D eigenvalue weighted by atomic mass is 16.5. The molecule has 0 bridgehead atoms. The Morgan fingerprint density at radius 2 is 1.96 bits per heavy atom. The Kier molecular flexibility index (Phi) is 6.61. The van der Waals surface area contributed by atoms with Gasteiger partial charge in [0, 0.05) is 12.7 Å². The molecule has 1 aromatic heterocycles. The Morgan fingerprint density at radius 1 is 1.23 bits per heavy atom. The molecule has 1 aromatic carbocycles. The Hall–Kier alpha value is -2.56. The van der Waals surface area contributed by atoms with Crippen LogP contribution in [0.5, 0.6) is 5.75 Å². The summed E-state index contributed by atoms with van der Waals surface area (Å²) in [6.07, 6.45) is 2.66. The Bertz CT molecular complexity index is 824. The fourth-order valence-corrected chi connectivity index (χ4v) is 2.78. The van der Waals surface area contributed by atoms with Gasteiger partial charge in [-0.2, -0.15) is 0 Å². The fourth-order valence-electron chi connectivity index (χ4n) is 2.78. The largest absolute Gasteiger partial charge is 0.497 e. The molecule has 1 N–H and O–H groups in total. The lowest BCUT2D eigenvalue weighted by molar-refractivity contribution is 0.0937. The van der Waals surface area contributed by atoms with Gasteiger partial charge in [-0.05, 0) is 55.5 Å². The lowest BCUT2D eigenvalue weighted by atomic mass is 10.1. The van der Waals surface area contributed by atoms with Crippen molar-refractivity contribution in [2.24, 2.45) is 5.92 Å². The molecule has 2 aromatic rings. The number of ether oxygens (including phenoxy) is 1. The maximum atomic E-state index is 12.8. The zero-order chi connectivity index (χ0) is 19.3. The van der Waals surface area contributed by atoms with Crippen molar-refractivity contribution >= 4 is 5.91 Å². The number of amides is 1. The van der Waals surface area contributed by atoms with Gasteiger partial charge in [0.2, 0.25) is 0 Å². The van der Waals surface area contributed by atoms with Crippen LogP contribution in [-0.2, 0) is 6.54 Å². The fraction of sp³-hybridized carbons (Fsp3) is 0.429. The second-order valence-electron chi connectivity index (χ2n) is 7.03. The number of nitrogens with zero attached hydrogens (tertiary/aromatic N) is 1. The molecule has 5 nitrogen and oxygen atoms in total. The highest BCUT2D eigenvalue weighted by Gasteiger charge is 2.18. The topological polar surface area (TPSA) is 60.3 Å². The van der Waals surface area contributed by atoms with Crippen LogP contribution in [0.25, 0.3) is 0 Å². The molecule has 0 fully saturated rings. The molecular weight excluding hydrogens is 328 g/mol. The number of nitrogens with one attached hydrogen (secondary N) is 1. The summed E-state index contributed by atoms with van der Waals surface area (Å²) in [4.78, 5) is 25.5. The van der Waals surface area contributed by atoms with Gasteiger partial charge < -0.3 is 14.6 Å². The van der Waals surface area contributed by atoms with E-state index in [0.717, 1.165) is 17.7 Å². The lowest BCUT2D eigenvalue weighted by Gasteiger charge is -2.17. The average molecular weight is 356 g/mol. The molecule has 1 amide bonds. The van der Waals surface area contributed by atoms with E-state index in [1.54, 1.807) is 24.8 Å². The number of rotatable bonds is 7. The van der Waals surface area contributed by atoms with E-state index in [0.29, 0.717) is 18.0 Å². The summed E-state index contributed by atoms with van der Waals surface area (Å²) in [5, 5.41) is 2.93. The molecule has 0 saturated heterocycles. The van der Waals surface area contributed by atoms with Crippen molar-refractivity contribution < 1.29 is 9.53 Å². The van der Waals surface area contributed by atoms with Gasteiger partial charge in [-0.3, -0.25) is 9.59 Å². The van der Waals surface area contributed by atoms with E-state index < -0.39 is 0 Å². The second-order valence-corrected chi connectivity index (χ2v) is 7.03. The summed E-state index contributed by atoms with van der Waals surface area (Å²) >= 11 is 0. The van der Waals surface area contributed by atoms with Crippen molar-refractivity contribution in [3.8, 4) is 5.75 Å². The Morgan fingerprint density at radius 3 is 2.62 bits per heavy atom. The number of aromatic nitrogens is 1.